The molecule has 0 aliphatic heterocycles. The number of anilines is 1. The van der Waals surface area contributed by atoms with E-state index < -0.39 is 14.8 Å². The van der Waals surface area contributed by atoms with Gasteiger partial charge in [0.15, 0.2) is 0 Å². The molecule has 2 saturated carbocycles. The Morgan fingerprint density at radius 3 is 2.00 bits per heavy atom. The molecule has 2 aromatic carbocycles. The number of para-hydroxylation sites is 1. The molecule has 396 valence electrons. The quantitative estimate of drug-likeness (QED) is 0.0294. The first-order valence-electron chi connectivity index (χ1n) is 25.7. The molecule has 2 atom stereocenters. The number of aliphatic hydroxyl groups is 1. The van der Waals surface area contributed by atoms with Crippen LogP contribution in [0.4, 0.5) is 5.69 Å². The third-order valence-electron chi connectivity index (χ3n) is 12.7. The number of aliphatic hydroxyl groups excluding tert-OH is 1. The molecule has 2 amide bonds. The Bertz CT molecular complexity index is 2270. The van der Waals surface area contributed by atoms with Gasteiger partial charge in [0, 0.05) is 34.0 Å². The van der Waals surface area contributed by atoms with Crippen LogP contribution in [0.2, 0.25) is 0 Å². The molecule has 13 heteroatoms. The zero-order valence-electron chi connectivity index (χ0n) is 45.4. The predicted octanol–water partition coefficient (Wildman–Crippen LogP) is 14.4. The summed E-state index contributed by atoms with van der Waals surface area (Å²) in [6.07, 6.45) is 20.1. The van der Waals surface area contributed by atoms with Crippen LogP contribution in [0, 0.1) is 31.6 Å². The Morgan fingerprint density at radius 2 is 1.55 bits per heavy atom. The molecule has 71 heavy (non-hydrogen) atoms. The van der Waals surface area contributed by atoms with Crippen molar-refractivity contribution in [3.8, 4) is 5.75 Å². The number of ketones is 1. The fraction of sp³-hybridized carbons (Fsp3) is 0.552. The molecule has 5 rings (SSSR count). The monoisotopic (exact) mass is 1020 g/mol. The lowest BCUT2D eigenvalue weighted by molar-refractivity contribution is -0.122. The van der Waals surface area contributed by atoms with Gasteiger partial charge >= 0.3 is 0 Å². The number of carbonyl (C=O) groups is 3. The maximum absolute atomic E-state index is 11.7. The molecule has 0 radical (unpaired) electrons. The van der Waals surface area contributed by atoms with E-state index in [4.69, 9.17) is 15.5 Å². The molecule has 0 unspecified atom stereocenters. The maximum Gasteiger partial charge on any atom is 0.240 e. The van der Waals surface area contributed by atoms with Crippen molar-refractivity contribution in [1.29, 1.82) is 0 Å². The maximum atomic E-state index is 11.7. The lowest BCUT2D eigenvalue weighted by Gasteiger charge is -2.13. The number of rotatable bonds is 24. The number of aromatic nitrogens is 1. The van der Waals surface area contributed by atoms with Crippen molar-refractivity contribution >= 4 is 56.0 Å². The highest BCUT2D eigenvalue weighted by atomic mass is 32.2. The summed E-state index contributed by atoms with van der Waals surface area (Å²) >= 11 is 1.64. The van der Waals surface area contributed by atoms with E-state index in [1.165, 1.54) is 31.3 Å². The van der Waals surface area contributed by atoms with Gasteiger partial charge in [0.1, 0.15) is 22.3 Å². The normalized spacial score (nSPS) is 15.6. The molecule has 0 saturated heterocycles. The number of primary amides is 1. The first-order valence-corrected chi connectivity index (χ1v) is 28.1. The SMILES string of the molecule is C=CCCCCC.C=C[C@@H]1C[C@@H]1C(=O)NS(=O)(=O)C1(C)CC1.CC(=O)CNc1ccccc1.CC/C(C)=C(/C=C(/O)c1ccc(OC)c(C)c1C)c1nc(C(C)C)cs1.CCCCC(CCCC)C(N)=O. The number of unbranched alkanes of at least 4 members (excludes halogenated alkanes) is 5. The second-order valence-corrected chi connectivity index (χ2v) is 22.2. The van der Waals surface area contributed by atoms with E-state index in [2.05, 4.69) is 77.0 Å². The van der Waals surface area contributed by atoms with Crippen LogP contribution in [-0.2, 0) is 24.4 Å². The van der Waals surface area contributed by atoms with E-state index >= 15 is 0 Å². The molecule has 0 spiro atoms. The highest BCUT2D eigenvalue weighted by molar-refractivity contribution is 7.91. The summed E-state index contributed by atoms with van der Waals surface area (Å²) in [5.41, 5.74) is 12.5. The number of methoxy groups -OCH3 is 1. The van der Waals surface area contributed by atoms with Gasteiger partial charge < -0.3 is 20.9 Å². The van der Waals surface area contributed by atoms with Crippen LogP contribution in [0.1, 0.15) is 186 Å². The number of nitrogens with zero attached hydrogens (tertiary/aromatic N) is 1. The Kier molecular flexibility index (Phi) is 30.3. The number of sulfonamides is 1. The fourth-order valence-electron chi connectivity index (χ4n) is 6.95. The summed E-state index contributed by atoms with van der Waals surface area (Å²) in [5, 5.41) is 16.9. The third-order valence-corrected chi connectivity index (χ3v) is 15.8. The van der Waals surface area contributed by atoms with E-state index in [0.717, 1.165) is 95.8 Å². The van der Waals surface area contributed by atoms with E-state index in [1.54, 1.807) is 38.4 Å². The lowest BCUT2D eigenvalue weighted by atomic mass is 9.96. The van der Waals surface area contributed by atoms with Crippen LogP contribution in [0.3, 0.4) is 0 Å². The molecule has 2 aliphatic rings. The molecule has 3 aromatic rings. The lowest BCUT2D eigenvalue weighted by Crippen LogP contribution is -2.39. The summed E-state index contributed by atoms with van der Waals surface area (Å²) in [5.74, 6) is 1.26. The smallest absolute Gasteiger partial charge is 0.240 e. The van der Waals surface area contributed by atoms with E-state index in [9.17, 15) is 27.9 Å². The van der Waals surface area contributed by atoms with Crippen molar-refractivity contribution in [1.82, 2.24) is 9.71 Å². The number of hydrogen-bond donors (Lipinski definition) is 4. The number of ether oxygens (including phenoxy) is 1. The van der Waals surface area contributed by atoms with Crippen LogP contribution in [0.15, 0.2) is 84.8 Å². The zero-order valence-corrected chi connectivity index (χ0v) is 47.1. The largest absolute Gasteiger partial charge is 0.507 e. The number of hydrogen-bond acceptors (Lipinski definition) is 10. The molecule has 2 aliphatic carbocycles. The van der Waals surface area contributed by atoms with Crippen molar-refractivity contribution in [2.45, 2.75) is 177 Å². The summed E-state index contributed by atoms with van der Waals surface area (Å²) in [6, 6.07) is 13.5. The fourth-order valence-corrected chi connectivity index (χ4v) is 9.32. The van der Waals surface area contributed by atoms with Gasteiger partial charge in [-0.2, -0.15) is 0 Å². The van der Waals surface area contributed by atoms with Gasteiger partial charge in [-0.15, -0.1) is 24.5 Å². The van der Waals surface area contributed by atoms with Gasteiger partial charge in [-0.25, -0.2) is 13.4 Å². The van der Waals surface area contributed by atoms with E-state index in [1.807, 2.05) is 68.5 Å². The number of thiazole rings is 1. The van der Waals surface area contributed by atoms with Crippen LogP contribution in [0.25, 0.3) is 11.3 Å². The average Bonchev–Trinajstić information content (AvgIpc) is 4.26. The van der Waals surface area contributed by atoms with E-state index in [-0.39, 0.29) is 41.1 Å². The molecular formula is C58H90N4O7S2. The van der Waals surface area contributed by atoms with Gasteiger partial charge in [-0.05, 0) is 139 Å². The van der Waals surface area contributed by atoms with Gasteiger partial charge in [0.05, 0.1) is 24.1 Å². The number of amides is 2. The first-order chi connectivity index (χ1) is 33.6. The Labute approximate surface area is 433 Å². The van der Waals surface area contributed by atoms with Gasteiger partial charge in [0.25, 0.3) is 0 Å². The van der Waals surface area contributed by atoms with Crippen LogP contribution in [-0.4, -0.2) is 54.5 Å². The van der Waals surface area contributed by atoms with Gasteiger partial charge in [0.2, 0.25) is 21.8 Å². The zero-order chi connectivity index (χ0) is 53.7. The standard InChI is InChI=1S/C22H29NO2S.C10H15NO3S.C10H21NO.C9H11NO.C7H14/c1-8-14(4)18(22-23-19(12-26-22)13(2)3)11-20(24)17-9-10-21(25-7)16(6)15(17)5;1-3-7-6-8(7)9(12)11-15(13,14)10(2)4-5-10;1-3-5-7-9(10(11)12)8-6-4-2;1-8(11)7-10-9-5-3-2-4-6-9;1-3-5-7-6-4-2/h9-13,24H,8H2,1-7H3;3,7-8H,1,4-6H2,2H3,(H,11,12);9H,3-8H2,1-2H3,(H2,11,12);2-6,10H,7H2,1H3;3H,1,4-7H2,2H3/b18-14-,20-11+;;;;/t;7-,8+;;;/m.1.../s1. The minimum atomic E-state index is -3.46. The van der Waals surface area contributed by atoms with Crippen molar-refractivity contribution < 1.29 is 32.6 Å². The van der Waals surface area contributed by atoms with Crippen molar-refractivity contribution in [2.24, 2.45) is 23.5 Å². The number of Topliss-reactive ketones (excluding diaryl/α,β-unsaturated/α-hetero) is 1. The van der Waals surface area contributed by atoms with E-state index in [0.29, 0.717) is 25.3 Å². The number of carbonyl (C=O) groups excluding carboxylic acids is 3. The second-order valence-electron chi connectivity index (χ2n) is 19.1. The molecular weight excluding hydrogens is 929 g/mol. The van der Waals surface area contributed by atoms with Gasteiger partial charge in [-0.3, -0.25) is 19.1 Å². The number of nitrogens with one attached hydrogen (secondary N) is 2. The van der Waals surface area contributed by atoms with Crippen molar-refractivity contribution in [3.63, 3.8) is 0 Å². The molecule has 5 N–H and O–H groups in total. The summed E-state index contributed by atoms with van der Waals surface area (Å²) in [6.45, 7) is 29.9. The van der Waals surface area contributed by atoms with Crippen LogP contribution >= 0.6 is 11.3 Å². The minimum absolute atomic E-state index is 0.114. The topological polar surface area (TPSA) is 178 Å². The number of nitrogens with two attached hydrogens (primary N) is 1. The number of allylic oxidation sites excluding steroid dienone is 5. The Hall–Kier alpha value is -5.01. The predicted molar refractivity (Wildman–Crippen MR) is 300 cm³/mol. The Balaban J connectivity index is 0.000000479. The summed E-state index contributed by atoms with van der Waals surface area (Å²) in [4.78, 5) is 37.8. The minimum Gasteiger partial charge on any atom is -0.507 e. The Morgan fingerprint density at radius 1 is 0.944 bits per heavy atom. The highest BCUT2D eigenvalue weighted by Gasteiger charge is 2.52. The molecule has 0 bridgehead atoms. The van der Waals surface area contributed by atoms with Crippen LogP contribution in [0.5, 0.6) is 5.75 Å². The molecule has 2 fully saturated rings. The highest BCUT2D eigenvalue weighted by Crippen LogP contribution is 2.44. The number of benzene rings is 2. The third kappa shape index (κ3) is 23.4. The second kappa shape index (κ2) is 33.6. The van der Waals surface area contributed by atoms with Crippen molar-refractivity contribution in [2.75, 3.05) is 19.0 Å². The van der Waals surface area contributed by atoms with Gasteiger partial charge in [-0.1, -0.05) is 116 Å². The molecule has 1 aromatic heterocycles. The summed E-state index contributed by atoms with van der Waals surface area (Å²) in [7, 11) is -1.79. The summed E-state index contributed by atoms with van der Waals surface area (Å²) < 4.78 is 30.2. The first kappa shape index (κ1) is 64.0. The molecule has 11 nitrogen and oxygen atoms in total. The molecule has 1 heterocycles. The average molecular weight is 1020 g/mol. The van der Waals surface area contributed by atoms with Crippen molar-refractivity contribution in [3.05, 3.63) is 112 Å². The van der Waals surface area contributed by atoms with Crippen LogP contribution < -0.4 is 20.5 Å².